The van der Waals surface area contributed by atoms with Crippen molar-refractivity contribution in [2.24, 2.45) is 0 Å². The van der Waals surface area contributed by atoms with Crippen LogP contribution in [0.5, 0.6) is 0 Å². The highest BCUT2D eigenvalue weighted by Gasteiger charge is 2.25. The van der Waals surface area contributed by atoms with Gasteiger partial charge in [-0.15, -0.1) is 0 Å². The zero-order valence-corrected chi connectivity index (χ0v) is 15.1. The van der Waals surface area contributed by atoms with Gasteiger partial charge in [-0.1, -0.05) is 12.1 Å². The molecule has 0 saturated heterocycles. The van der Waals surface area contributed by atoms with Crippen LogP contribution in [0.3, 0.4) is 0 Å². The van der Waals surface area contributed by atoms with Gasteiger partial charge in [0.2, 0.25) is 0 Å². The van der Waals surface area contributed by atoms with Crippen LogP contribution in [-0.4, -0.2) is 29.2 Å². The van der Waals surface area contributed by atoms with Crippen molar-refractivity contribution >= 4 is 23.7 Å². The van der Waals surface area contributed by atoms with Crippen molar-refractivity contribution in [3.05, 3.63) is 77.2 Å². The number of anilines is 1. The van der Waals surface area contributed by atoms with Crippen molar-refractivity contribution in [1.29, 1.82) is 0 Å². The predicted molar refractivity (Wildman–Crippen MR) is 100 cm³/mol. The molecule has 0 aliphatic carbocycles. The summed E-state index contributed by atoms with van der Waals surface area (Å²) in [6, 6.07) is 11.5. The first kappa shape index (κ1) is 20.0. The third-order valence-corrected chi connectivity index (χ3v) is 3.92. The summed E-state index contributed by atoms with van der Waals surface area (Å²) >= 11 is 0. The highest BCUT2D eigenvalue weighted by atomic mass is 19.1. The lowest BCUT2D eigenvalue weighted by Gasteiger charge is -2.31. The van der Waals surface area contributed by atoms with E-state index in [1.54, 1.807) is 38.1 Å². The Hall–Kier alpha value is -3.28. The molecule has 0 unspecified atom stereocenters. The topological polar surface area (TPSA) is 74.7 Å². The molecule has 5 nitrogen and oxygen atoms in total. The van der Waals surface area contributed by atoms with Gasteiger partial charge in [0.1, 0.15) is 17.8 Å². The number of carbonyl (C=O) groups is 3. The van der Waals surface area contributed by atoms with Gasteiger partial charge in [-0.3, -0.25) is 4.79 Å². The summed E-state index contributed by atoms with van der Waals surface area (Å²) in [5.41, 5.74) is 0.898. The summed E-state index contributed by atoms with van der Waals surface area (Å²) < 4.78 is 13.2. The summed E-state index contributed by atoms with van der Waals surface area (Å²) in [5.74, 6) is -2.00. The second-order valence-electron chi connectivity index (χ2n) is 6.11. The fraction of sp³-hybridized carbons (Fsp3) is 0.190. The van der Waals surface area contributed by atoms with Crippen molar-refractivity contribution < 1.29 is 23.9 Å². The Kier molecular flexibility index (Phi) is 6.60. The molecule has 0 aromatic heterocycles. The third kappa shape index (κ3) is 4.67. The molecule has 27 heavy (non-hydrogen) atoms. The van der Waals surface area contributed by atoms with Gasteiger partial charge >= 0.3 is 5.97 Å². The maximum Gasteiger partial charge on any atom is 0.352 e. The van der Waals surface area contributed by atoms with Gasteiger partial charge in [0, 0.05) is 23.6 Å². The average Bonchev–Trinajstić information content (AvgIpc) is 2.64. The highest BCUT2D eigenvalue weighted by Crippen LogP contribution is 2.29. The van der Waals surface area contributed by atoms with E-state index >= 15 is 0 Å². The first-order chi connectivity index (χ1) is 12.9. The maximum atomic E-state index is 13.2. The Labute approximate surface area is 156 Å². The molecule has 0 heterocycles. The first-order valence-corrected chi connectivity index (χ1v) is 8.42. The molecule has 0 bridgehead atoms. The van der Waals surface area contributed by atoms with Crippen LogP contribution in [0, 0.1) is 5.82 Å². The molecule has 140 valence electrons. The van der Waals surface area contributed by atoms with Gasteiger partial charge in [-0.05, 0) is 56.3 Å². The lowest BCUT2D eigenvalue weighted by atomic mass is 10.00. The van der Waals surface area contributed by atoms with E-state index in [-0.39, 0.29) is 29.5 Å². The van der Waals surface area contributed by atoms with E-state index in [1.165, 1.54) is 35.2 Å². The normalized spacial score (nSPS) is 11.3. The van der Waals surface area contributed by atoms with Gasteiger partial charge in [-0.25, -0.2) is 9.18 Å². The molecule has 2 rings (SSSR count). The Bertz CT molecular complexity index is 872. The van der Waals surface area contributed by atoms with Crippen LogP contribution in [0.4, 0.5) is 10.1 Å². The summed E-state index contributed by atoms with van der Waals surface area (Å²) in [7, 11) is 0. The van der Waals surface area contributed by atoms with Crippen LogP contribution >= 0.6 is 0 Å². The summed E-state index contributed by atoms with van der Waals surface area (Å²) in [6.45, 7) is 3.58. The molecule has 0 fully saturated rings. The number of nitrogens with zero attached hydrogens (tertiary/aromatic N) is 1. The SMILES string of the molecule is CC(C)N(C(=CCC=O)C(=O)O)c1ccccc1C(=O)c1ccc(F)cc1. The molecular weight excluding hydrogens is 349 g/mol. The van der Waals surface area contributed by atoms with Crippen molar-refractivity contribution in [1.82, 2.24) is 0 Å². The largest absolute Gasteiger partial charge is 0.477 e. The van der Waals surface area contributed by atoms with E-state index in [0.29, 0.717) is 17.5 Å². The standard InChI is InChI=1S/C21H20FNO4/c1-14(2)23(19(21(26)27)8-5-13-24)18-7-4-3-6-17(18)20(25)15-9-11-16(22)12-10-15/h3-4,6-14H,5H2,1-2H3,(H,26,27). The Morgan fingerprint density at radius 1 is 1.11 bits per heavy atom. The number of carbonyl (C=O) groups excluding carboxylic acids is 2. The van der Waals surface area contributed by atoms with Crippen molar-refractivity contribution in [2.75, 3.05) is 4.90 Å². The molecule has 0 spiro atoms. The number of aldehydes is 1. The highest BCUT2D eigenvalue weighted by molar-refractivity contribution is 6.13. The minimum atomic E-state index is -1.20. The number of rotatable bonds is 8. The molecule has 0 aliphatic rings. The van der Waals surface area contributed by atoms with Gasteiger partial charge in [0.05, 0.1) is 5.69 Å². The fourth-order valence-electron chi connectivity index (χ4n) is 2.77. The summed E-state index contributed by atoms with van der Waals surface area (Å²) in [5, 5.41) is 9.61. The number of carboxylic acids is 1. The number of benzene rings is 2. The van der Waals surface area contributed by atoms with E-state index in [2.05, 4.69) is 0 Å². The number of allylic oxidation sites excluding steroid dienone is 1. The number of hydrogen-bond donors (Lipinski definition) is 1. The van der Waals surface area contributed by atoms with E-state index in [4.69, 9.17) is 0 Å². The number of ketones is 1. The molecule has 2 aromatic carbocycles. The molecule has 0 aliphatic heterocycles. The Morgan fingerprint density at radius 3 is 2.30 bits per heavy atom. The fourth-order valence-corrected chi connectivity index (χ4v) is 2.77. The smallest absolute Gasteiger partial charge is 0.352 e. The van der Waals surface area contributed by atoms with Crippen LogP contribution in [0.15, 0.2) is 60.3 Å². The molecular formula is C21H20FNO4. The number of hydrogen-bond acceptors (Lipinski definition) is 4. The Balaban J connectivity index is 2.58. The van der Waals surface area contributed by atoms with Crippen LogP contribution < -0.4 is 4.90 Å². The lowest BCUT2D eigenvalue weighted by Crippen LogP contribution is -2.35. The molecule has 0 saturated carbocycles. The van der Waals surface area contributed by atoms with Gasteiger partial charge in [0.25, 0.3) is 0 Å². The predicted octanol–water partition coefficient (Wildman–Crippen LogP) is 3.83. The number of carboxylic acid groups (broad SMARTS) is 1. The quantitative estimate of drug-likeness (QED) is 0.435. The molecule has 6 heteroatoms. The minimum absolute atomic E-state index is 0.0566. The minimum Gasteiger partial charge on any atom is -0.477 e. The van der Waals surface area contributed by atoms with Crippen molar-refractivity contribution in [3.8, 4) is 0 Å². The lowest BCUT2D eigenvalue weighted by molar-refractivity contribution is -0.132. The van der Waals surface area contributed by atoms with Crippen molar-refractivity contribution in [3.63, 3.8) is 0 Å². The van der Waals surface area contributed by atoms with Gasteiger partial charge in [0.15, 0.2) is 5.78 Å². The molecule has 0 radical (unpaired) electrons. The summed E-state index contributed by atoms with van der Waals surface area (Å²) in [4.78, 5) is 36.9. The monoisotopic (exact) mass is 369 g/mol. The number of aliphatic carboxylic acids is 1. The first-order valence-electron chi connectivity index (χ1n) is 8.42. The van der Waals surface area contributed by atoms with Crippen LogP contribution in [0.25, 0.3) is 0 Å². The Morgan fingerprint density at radius 2 is 1.74 bits per heavy atom. The van der Waals surface area contributed by atoms with E-state index in [9.17, 15) is 23.9 Å². The van der Waals surface area contributed by atoms with Gasteiger partial charge in [-0.2, -0.15) is 0 Å². The zero-order valence-electron chi connectivity index (χ0n) is 15.1. The van der Waals surface area contributed by atoms with E-state index in [1.807, 2.05) is 0 Å². The molecule has 0 atom stereocenters. The van der Waals surface area contributed by atoms with Crippen LogP contribution in [0.2, 0.25) is 0 Å². The average molecular weight is 369 g/mol. The van der Waals surface area contributed by atoms with Gasteiger partial charge < -0.3 is 14.8 Å². The van der Waals surface area contributed by atoms with E-state index < -0.39 is 11.8 Å². The second kappa shape index (κ2) is 8.89. The van der Waals surface area contributed by atoms with Crippen LogP contribution in [0.1, 0.15) is 36.2 Å². The van der Waals surface area contributed by atoms with Crippen molar-refractivity contribution in [2.45, 2.75) is 26.3 Å². The summed E-state index contributed by atoms with van der Waals surface area (Å²) in [6.07, 6.45) is 1.87. The van der Waals surface area contributed by atoms with E-state index in [0.717, 1.165) is 0 Å². The second-order valence-corrected chi connectivity index (χ2v) is 6.11. The zero-order chi connectivity index (χ0) is 20.0. The number of para-hydroxylation sites is 1. The molecule has 0 amide bonds. The maximum absolute atomic E-state index is 13.2. The van der Waals surface area contributed by atoms with Crippen LogP contribution in [-0.2, 0) is 9.59 Å². The molecule has 2 aromatic rings. The number of halogens is 1. The third-order valence-electron chi connectivity index (χ3n) is 3.92. The molecule has 1 N–H and O–H groups in total.